The number of para-hydroxylation sites is 1. The molecule has 3 aromatic rings. The zero-order chi connectivity index (χ0) is 19.3. The first-order valence-electron chi connectivity index (χ1n) is 9.19. The highest BCUT2D eigenvalue weighted by Crippen LogP contribution is 2.29. The summed E-state index contributed by atoms with van der Waals surface area (Å²) in [5.41, 5.74) is 2.69. The lowest BCUT2D eigenvalue weighted by atomic mass is 10.1. The van der Waals surface area contributed by atoms with E-state index >= 15 is 0 Å². The van der Waals surface area contributed by atoms with Gasteiger partial charge in [-0.2, -0.15) is 4.98 Å². The van der Waals surface area contributed by atoms with Gasteiger partial charge in [0.1, 0.15) is 5.75 Å². The number of benzene rings is 2. The van der Waals surface area contributed by atoms with Crippen molar-refractivity contribution in [3.8, 4) is 28.6 Å². The van der Waals surface area contributed by atoms with Crippen LogP contribution < -0.4 is 4.74 Å². The van der Waals surface area contributed by atoms with Crippen molar-refractivity contribution < 1.29 is 18.8 Å². The summed E-state index contributed by atoms with van der Waals surface area (Å²) in [5.74, 6) is 1.34. The maximum Gasteiger partial charge on any atom is 0.260 e. The molecule has 144 valence electrons. The standard InChI is InChI=1S/C21H21N3O4/c1-15-6-8-16(9-7-15)21-22-20(23-28-21)17-4-2-3-5-18(17)27-14-19(25)24-10-12-26-13-11-24/h2-9H,10-14H2,1H3. The summed E-state index contributed by atoms with van der Waals surface area (Å²) in [5, 5.41) is 4.08. The number of amides is 1. The van der Waals surface area contributed by atoms with E-state index in [1.807, 2.05) is 49.4 Å². The third-order valence-electron chi connectivity index (χ3n) is 4.57. The molecule has 0 atom stereocenters. The minimum Gasteiger partial charge on any atom is -0.483 e. The molecule has 7 nitrogen and oxygen atoms in total. The first-order valence-corrected chi connectivity index (χ1v) is 9.19. The molecule has 1 aliphatic rings. The third kappa shape index (κ3) is 4.04. The second kappa shape index (κ2) is 8.22. The first kappa shape index (κ1) is 18.2. The van der Waals surface area contributed by atoms with Crippen molar-refractivity contribution in [2.75, 3.05) is 32.9 Å². The van der Waals surface area contributed by atoms with E-state index in [1.54, 1.807) is 11.0 Å². The number of aromatic nitrogens is 2. The number of hydrogen-bond acceptors (Lipinski definition) is 6. The van der Waals surface area contributed by atoms with Crippen LogP contribution >= 0.6 is 0 Å². The number of aryl methyl sites for hydroxylation is 1. The van der Waals surface area contributed by atoms with Gasteiger partial charge in [-0.1, -0.05) is 35.0 Å². The van der Waals surface area contributed by atoms with Crippen LogP contribution in [-0.2, 0) is 9.53 Å². The molecule has 28 heavy (non-hydrogen) atoms. The molecular weight excluding hydrogens is 358 g/mol. The highest BCUT2D eigenvalue weighted by molar-refractivity contribution is 5.78. The Morgan fingerprint density at radius 3 is 2.64 bits per heavy atom. The molecule has 1 saturated heterocycles. The molecule has 7 heteroatoms. The van der Waals surface area contributed by atoms with Crippen molar-refractivity contribution in [3.63, 3.8) is 0 Å². The lowest BCUT2D eigenvalue weighted by Gasteiger charge is -2.26. The molecule has 1 aliphatic heterocycles. The van der Waals surface area contributed by atoms with Crippen LogP contribution in [0.2, 0.25) is 0 Å². The molecule has 0 aliphatic carbocycles. The first-order chi connectivity index (χ1) is 13.7. The van der Waals surface area contributed by atoms with Crippen molar-refractivity contribution in [1.29, 1.82) is 0 Å². The van der Waals surface area contributed by atoms with Gasteiger partial charge in [-0.05, 0) is 31.2 Å². The number of carbonyl (C=O) groups excluding carboxylic acids is 1. The van der Waals surface area contributed by atoms with E-state index in [1.165, 1.54) is 0 Å². The maximum atomic E-state index is 12.3. The molecule has 0 spiro atoms. The fraction of sp³-hybridized carbons (Fsp3) is 0.286. The van der Waals surface area contributed by atoms with Gasteiger partial charge in [0.25, 0.3) is 11.8 Å². The predicted molar refractivity (Wildman–Crippen MR) is 103 cm³/mol. The van der Waals surface area contributed by atoms with Gasteiger partial charge < -0.3 is 18.9 Å². The molecule has 0 unspecified atom stereocenters. The number of nitrogens with zero attached hydrogens (tertiary/aromatic N) is 3. The minimum atomic E-state index is -0.0634. The van der Waals surface area contributed by atoms with Crippen molar-refractivity contribution in [1.82, 2.24) is 15.0 Å². The van der Waals surface area contributed by atoms with Crippen LogP contribution in [0.1, 0.15) is 5.56 Å². The molecule has 2 aromatic carbocycles. The van der Waals surface area contributed by atoms with Crippen LogP contribution in [0.15, 0.2) is 53.1 Å². The van der Waals surface area contributed by atoms with Crippen molar-refractivity contribution in [2.24, 2.45) is 0 Å². The fourth-order valence-electron chi connectivity index (χ4n) is 2.97. The van der Waals surface area contributed by atoms with Crippen LogP contribution in [0.3, 0.4) is 0 Å². The number of carbonyl (C=O) groups is 1. The van der Waals surface area contributed by atoms with Crippen molar-refractivity contribution in [3.05, 3.63) is 54.1 Å². The largest absolute Gasteiger partial charge is 0.483 e. The summed E-state index contributed by atoms with van der Waals surface area (Å²) >= 11 is 0. The molecule has 1 fully saturated rings. The van der Waals surface area contributed by atoms with Gasteiger partial charge in [0.2, 0.25) is 5.82 Å². The van der Waals surface area contributed by atoms with Gasteiger partial charge >= 0.3 is 0 Å². The zero-order valence-electron chi connectivity index (χ0n) is 15.6. The molecule has 0 bridgehead atoms. The lowest BCUT2D eigenvalue weighted by Crippen LogP contribution is -2.43. The molecule has 4 rings (SSSR count). The Kier molecular flexibility index (Phi) is 5.34. The normalized spacial score (nSPS) is 14.1. The maximum absolute atomic E-state index is 12.3. The molecule has 2 heterocycles. The monoisotopic (exact) mass is 379 g/mol. The van der Waals surface area contributed by atoms with Crippen molar-refractivity contribution in [2.45, 2.75) is 6.92 Å². The summed E-state index contributed by atoms with van der Waals surface area (Å²) in [6, 6.07) is 15.2. The van der Waals surface area contributed by atoms with E-state index in [0.717, 1.165) is 11.1 Å². The summed E-state index contributed by atoms with van der Waals surface area (Å²) in [7, 11) is 0. The Morgan fingerprint density at radius 1 is 1.11 bits per heavy atom. The predicted octanol–water partition coefficient (Wildman–Crippen LogP) is 2.95. The van der Waals surface area contributed by atoms with E-state index in [2.05, 4.69) is 10.1 Å². The average Bonchev–Trinajstić information content (AvgIpc) is 3.23. The molecule has 0 radical (unpaired) electrons. The van der Waals surface area contributed by atoms with Crippen LogP contribution in [0.25, 0.3) is 22.8 Å². The SMILES string of the molecule is Cc1ccc(-c2nc(-c3ccccc3OCC(=O)N3CCOCC3)no2)cc1. The third-order valence-corrected chi connectivity index (χ3v) is 4.57. The van der Waals surface area contributed by atoms with E-state index in [4.69, 9.17) is 14.0 Å². The van der Waals surface area contributed by atoms with E-state index in [0.29, 0.717) is 49.3 Å². The number of morpholine rings is 1. The molecule has 1 aromatic heterocycles. The minimum absolute atomic E-state index is 0.0420. The molecule has 0 saturated carbocycles. The van der Waals surface area contributed by atoms with Gasteiger partial charge in [0.15, 0.2) is 6.61 Å². The van der Waals surface area contributed by atoms with Gasteiger partial charge in [-0.3, -0.25) is 4.79 Å². The summed E-state index contributed by atoms with van der Waals surface area (Å²) < 4.78 is 16.5. The van der Waals surface area contributed by atoms with Gasteiger partial charge in [-0.15, -0.1) is 0 Å². The average molecular weight is 379 g/mol. The Hall–Kier alpha value is -3.19. The Morgan fingerprint density at radius 2 is 1.86 bits per heavy atom. The fourth-order valence-corrected chi connectivity index (χ4v) is 2.97. The van der Waals surface area contributed by atoms with Crippen LogP contribution in [0.5, 0.6) is 5.75 Å². The van der Waals surface area contributed by atoms with Gasteiger partial charge in [0, 0.05) is 18.7 Å². The highest BCUT2D eigenvalue weighted by atomic mass is 16.5. The van der Waals surface area contributed by atoms with Gasteiger partial charge in [-0.25, -0.2) is 0 Å². The lowest BCUT2D eigenvalue weighted by molar-refractivity contribution is -0.137. The molecule has 1 amide bonds. The summed E-state index contributed by atoms with van der Waals surface area (Å²) in [6.07, 6.45) is 0. The highest BCUT2D eigenvalue weighted by Gasteiger charge is 2.19. The topological polar surface area (TPSA) is 77.7 Å². The summed E-state index contributed by atoms with van der Waals surface area (Å²) in [4.78, 5) is 18.6. The van der Waals surface area contributed by atoms with Crippen molar-refractivity contribution >= 4 is 5.91 Å². The van der Waals surface area contributed by atoms with E-state index in [-0.39, 0.29) is 12.5 Å². The number of hydrogen-bond donors (Lipinski definition) is 0. The second-order valence-corrected chi connectivity index (χ2v) is 6.57. The summed E-state index contributed by atoms with van der Waals surface area (Å²) in [6.45, 7) is 4.29. The Balaban J connectivity index is 1.50. The van der Waals surface area contributed by atoms with Crippen LogP contribution in [0, 0.1) is 6.92 Å². The zero-order valence-corrected chi connectivity index (χ0v) is 15.6. The van der Waals surface area contributed by atoms with E-state index in [9.17, 15) is 4.79 Å². The quantitative estimate of drug-likeness (QED) is 0.678. The number of rotatable bonds is 5. The smallest absolute Gasteiger partial charge is 0.260 e. The second-order valence-electron chi connectivity index (χ2n) is 6.57. The van der Waals surface area contributed by atoms with E-state index < -0.39 is 0 Å². The molecule has 0 N–H and O–H groups in total. The van der Waals surface area contributed by atoms with Gasteiger partial charge in [0.05, 0.1) is 18.8 Å². The molecular formula is C21H21N3O4. The Bertz CT molecular complexity index is 946. The van der Waals surface area contributed by atoms with Crippen LogP contribution in [-0.4, -0.2) is 53.9 Å². The number of ether oxygens (including phenoxy) is 2. The van der Waals surface area contributed by atoms with Crippen LogP contribution in [0.4, 0.5) is 0 Å². The Labute approximate surface area is 162 Å².